The Morgan fingerprint density at radius 3 is 2.60 bits per heavy atom. The van der Waals surface area contributed by atoms with Crippen LogP contribution in [0.15, 0.2) is 11.6 Å². The van der Waals surface area contributed by atoms with Gasteiger partial charge in [-0.25, -0.2) is 0 Å². The van der Waals surface area contributed by atoms with Gasteiger partial charge < -0.3 is 14.6 Å². The van der Waals surface area contributed by atoms with Gasteiger partial charge in [-0.05, 0) is 61.7 Å². The Hall–Kier alpha value is -1.53. The fraction of sp³-hybridized carbons (Fsp3) is 0.828. The van der Waals surface area contributed by atoms with Crippen molar-refractivity contribution in [1.29, 1.82) is 0 Å². The third-order valence-electron chi connectivity index (χ3n) is 11.6. The molecule has 4 bridgehead atoms. The molecule has 4 aliphatic carbocycles. The largest absolute Gasteiger partial charge is 0.481 e. The summed E-state index contributed by atoms with van der Waals surface area (Å²) in [7, 11) is 0. The number of aliphatic carboxylic acids is 1. The minimum absolute atomic E-state index is 0.0697. The first kappa shape index (κ1) is 23.8. The number of allylic oxidation sites excluding steroid dienone is 1. The zero-order valence-electron chi connectivity index (χ0n) is 21.5. The predicted molar refractivity (Wildman–Crippen MR) is 131 cm³/mol. The molecule has 6 nitrogen and oxygen atoms in total. The van der Waals surface area contributed by atoms with Crippen LogP contribution in [0, 0.1) is 45.8 Å². The quantitative estimate of drug-likeness (QED) is 0.452. The van der Waals surface area contributed by atoms with Gasteiger partial charge in [0.1, 0.15) is 17.5 Å². The molecular formula is C29H41NO5. The van der Waals surface area contributed by atoms with Gasteiger partial charge in [0.25, 0.3) is 0 Å². The van der Waals surface area contributed by atoms with Gasteiger partial charge in [0.2, 0.25) is 0 Å². The van der Waals surface area contributed by atoms with Crippen LogP contribution in [0.1, 0.15) is 72.1 Å². The number of piperidine rings is 1. The maximum Gasteiger partial charge on any atom is 0.315 e. The number of carbonyl (C=O) groups is 3. The van der Waals surface area contributed by atoms with Gasteiger partial charge in [-0.2, -0.15) is 0 Å². The minimum Gasteiger partial charge on any atom is -0.481 e. The number of likely N-dealkylation sites (tertiary alicyclic amines) is 1. The molecule has 1 N–H and O–H groups in total. The molecule has 0 spiro atoms. The second-order valence-electron chi connectivity index (χ2n) is 13.0. The number of carbonyl (C=O) groups excluding carboxylic acids is 2. The van der Waals surface area contributed by atoms with Crippen LogP contribution in [0.3, 0.4) is 0 Å². The summed E-state index contributed by atoms with van der Waals surface area (Å²) >= 11 is 0. The fourth-order valence-corrected chi connectivity index (χ4v) is 10.3. The number of ketones is 1. The number of hydrogen-bond acceptors (Lipinski definition) is 5. The Morgan fingerprint density at radius 1 is 1.20 bits per heavy atom. The number of carboxylic acid groups (broad SMARTS) is 1. The summed E-state index contributed by atoms with van der Waals surface area (Å²) in [5.41, 5.74) is -1.51. The smallest absolute Gasteiger partial charge is 0.315 e. The summed E-state index contributed by atoms with van der Waals surface area (Å²) in [5.74, 6) is 0.820. The third kappa shape index (κ3) is 2.82. The van der Waals surface area contributed by atoms with Crippen LogP contribution < -0.4 is 0 Å². The molecule has 6 rings (SSSR count). The molecule has 6 heteroatoms. The lowest BCUT2D eigenvalue weighted by atomic mass is 9.41. The van der Waals surface area contributed by atoms with Crippen LogP contribution in [0.4, 0.5) is 0 Å². The number of fused-ring (bicyclic) bond motifs is 2. The number of rotatable bonds is 6. The molecule has 0 aromatic heterocycles. The van der Waals surface area contributed by atoms with E-state index in [1.165, 1.54) is 0 Å². The Bertz CT molecular complexity index is 964. The van der Waals surface area contributed by atoms with E-state index in [9.17, 15) is 19.5 Å². The van der Waals surface area contributed by atoms with Gasteiger partial charge in [0, 0.05) is 37.9 Å². The molecule has 0 amide bonds. The molecule has 35 heavy (non-hydrogen) atoms. The number of ether oxygens (including phenoxy) is 1. The van der Waals surface area contributed by atoms with E-state index >= 15 is 0 Å². The van der Waals surface area contributed by atoms with Gasteiger partial charge in [-0.15, -0.1) is 0 Å². The first-order valence-corrected chi connectivity index (χ1v) is 14.0. The van der Waals surface area contributed by atoms with Gasteiger partial charge >= 0.3 is 5.97 Å². The molecular weight excluding hydrogens is 442 g/mol. The Kier molecular flexibility index (Phi) is 5.44. The highest BCUT2D eigenvalue weighted by Gasteiger charge is 2.86. The monoisotopic (exact) mass is 483 g/mol. The molecule has 0 radical (unpaired) electrons. The first-order chi connectivity index (χ1) is 16.7. The zero-order chi connectivity index (χ0) is 24.8. The van der Waals surface area contributed by atoms with Crippen molar-refractivity contribution in [3.05, 3.63) is 11.6 Å². The molecule has 6 unspecified atom stereocenters. The lowest BCUT2D eigenvalue weighted by molar-refractivity contribution is -0.197. The van der Waals surface area contributed by atoms with Gasteiger partial charge in [-0.1, -0.05) is 38.8 Å². The maximum atomic E-state index is 13.6. The first-order valence-electron chi connectivity index (χ1n) is 14.0. The highest BCUT2D eigenvalue weighted by atomic mass is 16.5. The molecule has 9 atom stereocenters. The van der Waals surface area contributed by atoms with E-state index in [0.717, 1.165) is 63.6 Å². The van der Waals surface area contributed by atoms with Gasteiger partial charge in [0.05, 0.1) is 17.6 Å². The SMILES string of the molecule is CC(C)C1=CC2CC3(C=O)[C@@H]4CC[C@@H](C)[C@H]4CC2(C2CCC(CN4CCC(=O)CC4)O2)C13C(=O)O. The van der Waals surface area contributed by atoms with E-state index in [0.29, 0.717) is 36.9 Å². The topological polar surface area (TPSA) is 83.9 Å². The molecule has 192 valence electrons. The van der Waals surface area contributed by atoms with Crippen LogP contribution in [0.2, 0.25) is 0 Å². The second-order valence-corrected chi connectivity index (χ2v) is 13.0. The van der Waals surface area contributed by atoms with E-state index in [4.69, 9.17) is 4.74 Å². The molecule has 2 heterocycles. The predicted octanol–water partition coefficient (Wildman–Crippen LogP) is 4.12. The Balaban J connectivity index is 1.40. The average Bonchev–Trinajstić information content (AvgIpc) is 3.55. The molecule has 6 aliphatic rings. The van der Waals surface area contributed by atoms with Crippen molar-refractivity contribution < 1.29 is 24.2 Å². The Morgan fingerprint density at radius 2 is 1.94 bits per heavy atom. The zero-order valence-corrected chi connectivity index (χ0v) is 21.5. The number of Topliss-reactive ketones (excluding diaryl/α,β-unsaturated/α-hetero) is 1. The minimum atomic E-state index is -1.15. The van der Waals surface area contributed by atoms with Crippen molar-refractivity contribution in [2.24, 2.45) is 45.8 Å². The van der Waals surface area contributed by atoms with E-state index in [2.05, 4.69) is 31.7 Å². The van der Waals surface area contributed by atoms with E-state index in [1.807, 2.05) is 0 Å². The summed E-state index contributed by atoms with van der Waals surface area (Å²) in [4.78, 5) is 40.9. The van der Waals surface area contributed by atoms with Crippen LogP contribution >= 0.6 is 0 Å². The maximum absolute atomic E-state index is 13.6. The van der Waals surface area contributed by atoms with Crippen molar-refractivity contribution in [3.63, 3.8) is 0 Å². The van der Waals surface area contributed by atoms with Crippen molar-refractivity contribution in [1.82, 2.24) is 4.90 Å². The third-order valence-corrected chi connectivity index (χ3v) is 11.6. The Labute approximate surface area is 208 Å². The van der Waals surface area contributed by atoms with Gasteiger partial charge in [0.15, 0.2) is 0 Å². The number of aldehydes is 1. The molecule has 2 saturated heterocycles. The molecule has 5 fully saturated rings. The van der Waals surface area contributed by atoms with E-state index in [1.54, 1.807) is 0 Å². The summed E-state index contributed by atoms with van der Waals surface area (Å²) in [6.07, 6.45) is 9.94. The normalized spacial score (nSPS) is 48.9. The van der Waals surface area contributed by atoms with Gasteiger partial charge in [-0.3, -0.25) is 14.5 Å². The van der Waals surface area contributed by atoms with Crippen LogP contribution in [-0.4, -0.2) is 59.9 Å². The van der Waals surface area contributed by atoms with Crippen molar-refractivity contribution in [2.45, 2.75) is 84.3 Å². The van der Waals surface area contributed by atoms with Crippen LogP contribution in [0.25, 0.3) is 0 Å². The fourth-order valence-electron chi connectivity index (χ4n) is 10.3. The molecule has 0 aromatic rings. The molecule has 3 saturated carbocycles. The van der Waals surface area contributed by atoms with E-state index < -0.39 is 22.2 Å². The lowest BCUT2D eigenvalue weighted by Gasteiger charge is -2.60. The van der Waals surface area contributed by atoms with Crippen molar-refractivity contribution in [2.75, 3.05) is 19.6 Å². The number of nitrogens with zero attached hydrogens (tertiary/aromatic N) is 1. The summed E-state index contributed by atoms with van der Waals surface area (Å²) in [6, 6.07) is 0. The second kappa shape index (κ2) is 7.98. The van der Waals surface area contributed by atoms with Crippen LogP contribution in [-0.2, 0) is 19.1 Å². The number of carboxylic acids is 1. The highest BCUT2D eigenvalue weighted by molar-refractivity contribution is 5.90. The summed E-state index contributed by atoms with van der Waals surface area (Å²) < 4.78 is 6.87. The standard InChI is InChI=1S/C29H41NO5/c1-17(2)24-12-19-13-27(16-31)23-6-4-18(3)22(23)14-28(19,29(24,27)26(33)34)25-7-5-21(35-25)15-30-10-8-20(32)9-11-30/h12,16-19,21-23,25H,4-11,13-15H2,1-3H3,(H,33,34)/t18-,19?,21?,22-,23-,25?,27?,28?,29?/m1/s1. The highest BCUT2D eigenvalue weighted by Crippen LogP contribution is 2.84. The average molecular weight is 484 g/mol. The summed E-state index contributed by atoms with van der Waals surface area (Å²) in [5, 5.41) is 11.2. The van der Waals surface area contributed by atoms with Crippen molar-refractivity contribution >= 4 is 18.0 Å². The van der Waals surface area contributed by atoms with Crippen LogP contribution in [0.5, 0.6) is 0 Å². The molecule has 2 aliphatic heterocycles. The lowest BCUT2D eigenvalue weighted by Crippen LogP contribution is -2.65. The van der Waals surface area contributed by atoms with Crippen molar-refractivity contribution in [3.8, 4) is 0 Å². The molecule has 0 aromatic carbocycles. The number of hydrogen-bond donors (Lipinski definition) is 1. The summed E-state index contributed by atoms with van der Waals surface area (Å²) in [6.45, 7) is 8.92. The van der Waals surface area contributed by atoms with E-state index in [-0.39, 0.29) is 30.0 Å².